The number of hydrogen-bond acceptors (Lipinski definition) is 2. The molecule has 1 aromatic carbocycles. The number of hydrogen-bond donors (Lipinski definition) is 2. The Morgan fingerprint density at radius 2 is 1.84 bits per heavy atom. The Morgan fingerprint density at radius 3 is 2.37 bits per heavy atom. The third-order valence-electron chi connectivity index (χ3n) is 2.99. The zero-order chi connectivity index (χ0) is 14.2. The van der Waals surface area contributed by atoms with E-state index in [1.165, 1.54) is 0 Å². The molecule has 1 aliphatic rings. The Balaban J connectivity index is 2.24. The molecule has 0 saturated heterocycles. The van der Waals surface area contributed by atoms with Gasteiger partial charge in [0, 0.05) is 5.56 Å². The average molecular weight is 273 g/mol. The van der Waals surface area contributed by atoms with Gasteiger partial charge in [-0.05, 0) is 18.9 Å². The molecule has 4 nitrogen and oxygen atoms in total. The van der Waals surface area contributed by atoms with Crippen LogP contribution in [0.4, 0.5) is 13.2 Å². The Hall–Kier alpha value is -2.05. The first-order valence-electron chi connectivity index (χ1n) is 5.52. The van der Waals surface area contributed by atoms with Crippen LogP contribution in [-0.4, -0.2) is 17.0 Å². The highest BCUT2D eigenvalue weighted by atomic mass is 19.2. The van der Waals surface area contributed by atoms with Crippen LogP contribution >= 0.6 is 0 Å². The number of carboxylic acid groups (broad SMARTS) is 1. The number of rotatable bonds is 4. The average Bonchev–Trinajstić information content (AvgIpc) is 3.05. The van der Waals surface area contributed by atoms with Crippen LogP contribution in [0.3, 0.4) is 0 Å². The molecular weight excluding hydrogens is 263 g/mol. The van der Waals surface area contributed by atoms with E-state index in [2.05, 4.69) is 5.32 Å². The van der Waals surface area contributed by atoms with Crippen LogP contribution in [0.25, 0.3) is 0 Å². The summed E-state index contributed by atoms with van der Waals surface area (Å²) >= 11 is 0. The molecule has 2 N–H and O–H groups in total. The van der Waals surface area contributed by atoms with E-state index in [1.807, 2.05) is 0 Å². The first kappa shape index (κ1) is 13.4. The minimum Gasteiger partial charge on any atom is -0.481 e. The summed E-state index contributed by atoms with van der Waals surface area (Å²) < 4.78 is 39.6. The molecule has 0 bridgehead atoms. The van der Waals surface area contributed by atoms with Gasteiger partial charge in [-0.15, -0.1) is 0 Å². The van der Waals surface area contributed by atoms with Crippen molar-refractivity contribution in [1.29, 1.82) is 0 Å². The van der Waals surface area contributed by atoms with Gasteiger partial charge in [-0.3, -0.25) is 9.59 Å². The first-order chi connectivity index (χ1) is 8.85. The topological polar surface area (TPSA) is 66.4 Å². The molecule has 0 unspecified atom stereocenters. The summed E-state index contributed by atoms with van der Waals surface area (Å²) in [6.07, 6.45) is -0.0618. The minimum atomic E-state index is -1.60. The molecule has 2 rings (SSSR count). The zero-order valence-corrected chi connectivity index (χ0v) is 9.67. The maximum Gasteiger partial charge on any atom is 0.312 e. The highest BCUT2D eigenvalue weighted by Crippen LogP contribution is 2.47. The molecule has 1 amide bonds. The summed E-state index contributed by atoms with van der Waals surface area (Å²) in [5.41, 5.74) is -1.28. The third kappa shape index (κ3) is 2.54. The van der Waals surface area contributed by atoms with Gasteiger partial charge in [0.25, 0.3) is 0 Å². The Morgan fingerprint density at radius 1 is 1.21 bits per heavy atom. The molecule has 7 heteroatoms. The van der Waals surface area contributed by atoms with Gasteiger partial charge < -0.3 is 10.4 Å². The molecule has 0 radical (unpaired) electrons. The second kappa shape index (κ2) is 4.56. The summed E-state index contributed by atoms with van der Waals surface area (Å²) in [6, 6.07) is 1.83. The van der Waals surface area contributed by atoms with E-state index in [0.29, 0.717) is 12.8 Å². The molecule has 0 spiro atoms. The van der Waals surface area contributed by atoms with Crippen molar-refractivity contribution in [2.45, 2.75) is 24.8 Å². The lowest BCUT2D eigenvalue weighted by Crippen LogP contribution is -2.36. The second-order valence-electron chi connectivity index (χ2n) is 4.42. The van der Waals surface area contributed by atoms with E-state index in [4.69, 9.17) is 5.11 Å². The molecule has 102 valence electrons. The van der Waals surface area contributed by atoms with E-state index < -0.39 is 41.3 Å². The molecular formula is C12H10F3NO3. The highest BCUT2D eigenvalue weighted by Gasteiger charge is 2.48. The van der Waals surface area contributed by atoms with Crippen molar-refractivity contribution in [3.05, 3.63) is 35.1 Å². The molecule has 1 fully saturated rings. The molecule has 1 aliphatic carbocycles. The van der Waals surface area contributed by atoms with Gasteiger partial charge in [0.15, 0.2) is 17.5 Å². The number of nitrogens with one attached hydrogen (secondary N) is 1. The van der Waals surface area contributed by atoms with E-state index in [1.54, 1.807) is 0 Å². The summed E-state index contributed by atoms with van der Waals surface area (Å²) in [5, 5.41) is 10.8. The van der Waals surface area contributed by atoms with E-state index in [9.17, 15) is 22.8 Å². The van der Waals surface area contributed by atoms with Gasteiger partial charge in [0.05, 0.1) is 5.54 Å². The normalized spacial score (nSPS) is 15.9. The lowest BCUT2D eigenvalue weighted by atomic mass is 10.0. The molecule has 1 saturated carbocycles. The van der Waals surface area contributed by atoms with E-state index >= 15 is 0 Å². The van der Waals surface area contributed by atoms with Crippen LogP contribution in [0.2, 0.25) is 0 Å². The Bertz CT molecular complexity index is 555. The van der Waals surface area contributed by atoms with Crippen molar-refractivity contribution in [2.75, 3.05) is 0 Å². The van der Waals surface area contributed by atoms with Crippen LogP contribution in [-0.2, 0) is 15.1 Å². The van der Waals surface area contributed by atoms with Gasteiger partial charge in [-0.1, -0.05) is 6.07 Å². The fourth-order valence-electron chi connectivity index (χ4n) is 1.93. The molecule has 0 aromatic heterocycles. The SMILES string of the molecule is O=C(O)CC(=O)NC1(c2ccc(F)c(F)c2F)CC1. The van der Waals surface area contributed by atoms with Crippen molar-refractivity contribution in [2.24, 2.45) is 0 Å². The Labute approximate surface area is 106 Å². The number of aliphatic carboxylic acids is 1. The number of carbonyl (C=O) groups is 2. The van der Waals surface area contributed by atoms with Crippen LogP contribution in [0.5, 0.6) is 0 Å². The number of carboxylic acids is 1. The molecule has 0 aliphatic heterocycles. The van der Waals surface area contributed by atoms with Gasteiger partial charge in [0.1, 0.15) is 6.42 Å². The molecule has 1 aromatic rings. The van der Waals surface area contributed by atoms with Crippen LogP contribution in [0.1, 0.15) is 24.8 Å². The zero-order valence-electron chi connectivity index (χ0n) is 9.67. The summed E-state index contributed by atoms with van der Waals surface area (Å²) in [5.74, 6) is -6.38. The van der Waals surface area contributed by atoms with Crippen molar-refractivity contribution in [3.63, 3.8) is 0 Å². The van der Waals surface area contributed by atoms with Gasteiger partial charge in [0.2, 0.25) is 5.91 Å². The second-order valence-corrected chi connectivity index (χ2v) is 4.42. The van der Waals surface area contributed by atoms with E-state index in [-0.39, 0.29) is 5.56 Å². The predicted octanol–water partition coefficient (Wildman–Crippen LogP) is 1.68. The maximum atomic E-state index is 13.6. The van der Waals surface area contributed by atoms with Crippen molar-refractivity contribution in [3.8, 4) is 0 Å². The van der Waals surface area contributed by atoms with Crippen molar-refractivity contribution >= 4 is 11.9 Å². The molecule has 0 heterocycles. The highest BCUT2D eigenvalue weighted by molar-refractivity contribution is 5.93. The number of halogens is 3. The Kier molecular flexibility index (Phi) is 3.21. The predicted molar refractivity (Wildman–Crippen MR) is 57.6 cm³/mol. The van der Waals surface area contributed by atoms with Crippen LogP contribution in [0, 0.1) is 17.5 Å². The van der Waals surface area contributed by atoms with Gasteiger partial charge in [-0.2, -0.15) is 0 Å². The first-order valence-corrected chi connectivity index (χ1v) is 5.52. The van der Waals surface area contributed by atoms with Gasteiger partial charge in [-0.25, -0.2) is 13.2 Å². The lowest BCUT2D eigenvalue weighted by molar-refractivity contribution is -0.140. The standard InChI is InChI=1S/C12H10F3NO3/c13-7-2-1-6(10(14)11(7)15)12(3-4-12)16-8(17)5-9(18)19/h1-2H,3-5H2,(H,16,17)(H,18,19). The quantitative estimate of drug-likeness (QED) is 0.648. The molecule has 0 atom stereocenters. The fraction of sp³-hybridized carbons (Fsp3) is 0.333. The van der Waals surface area contributed by atoms with Gasteiger partial charge >= 0.3 is 5.97 Å². The van der Waals surface area contributed by atoms with E-state index in [0.717, 1.165) is 12.1 Å². The molecule has 19 heavy (non-hydrogen) atoms. The lowest BCUT2D eigenvalue weighted by Gasteiger charge is -2.18. The number of benzene rings is 1. The van der Waals surface area contributed by atoms with Crippen LogP contribution in [0.15, 0.2) is 12.1 Å². The minimum absolute atomic E-state index is 0.162. The monoisotopic (exact) mass is 273 g/mol. The smallest absolute Gasteiger partial charge is 0.312 e. The summed E-state index contributed by atoms with van der Waals surface area (Å²) in [6.45, 7) is 0. The number of amides is 1. The maximum absolute atomic E-state index is 13.6. The third-order valence-corrected chi connectivity index (χ3v) is 2.99. The van der Waals surface area contributed by atoms with Crippen LogP contribution < -0.4 is 5.32 Å². The van der Waals surface area contributed by atoms with Crippen molar-refractivity contribution < 1.29 is 27.9 Å². The van der Waals surface area contributed by atoms with Crippen molar-refractivity contribution in [1.82, 2.24) is 5.32 Å². The fourth-order valence-corrected chi connectivity index (χ4v) is 1.93. The summed E-state index contributed by atoms with van der Waals surface area (Å²) in [4.78, 5) is 21.7. The summed E-state index contributed by atoms with van der Waals surface area (Å²) in [7, 11) is 0. The number of carbonyl (C=O) groups excluding carboxylic acids is 1. The largest absolute Gasteiger partial charge is 0.481 e.